The van der Waals surface area contributed by atoms with E-state index in [2.05, 4.69) is 112 Å². The van der Waals surface area contributed by atoms with Gasteiger partial charge in [0.15, 0.2) is 0 Å². The molecule has 0 N–H and O–H groups in total. The van der Waals surface area contributed by atoms with E-state index in [9.17, 15) is 0 Å². The van der Waals surface area contributed by atoms with Gasteiger partial charge >= 0.3 is 0 Å². The van der Waals surface area contributed by atoms with Gasteiger partial charge in [0.1, 0.15) is 0 Å². The molecule has 0 atom stereocenters. The van der Waals surface area contributed by atoms with Crippen LogP contribution in [-0.4, -0.2) is 8.07 Å². The fourth-order valence-corrected chi connectivity index (χ4v) is 11.0. The Morgan fingerprint density at radius 2 is 0.975 bits per heavy atom. The van der Waals surface area contributed by atoms with Crippen molar-refractivity contribution in [1.82, 2.24) is 0 Å². The van der Waals surface area contributed by atoms with Gasteiger partial charge in [-0.25, -0.2) is 0 Å². The van der Waals surface area contributed by atoms with Gasteiger partial charge < -0.3 is 14.9 Å². The average molecular weight is 622 g/mol. The maximum absolute atomic E-state index is 2.64. The SMILES string of the molecule is CCCCc1[cH-]c2ccc3ccccc3c2c1[Si](C)(C)c1c(CCCC)[cH-]c2ccc3ccccc3c12.[CH3-].[CH3-].[Nb]. The summed E-state index contributed by atoms with van der Waals surface area (Å²) in [6.45, 7) is 9.93. The topological polar surface area (TPSA) is 0 Å². The molecule has 0 saturated carbocycles. The van der Waals surface area contributed by atoms with E-state index in [4.69, 9.17) is 0 Å². The van der Waals surface area contributed by atoms with Crippen LogP contribution in [-0.2, 0) is 35.2 Å². The Morgan fingerprint density at radius 3 is 1.38 bits per heavy atom. The summed E-state index contributed by atoms with van der Waals surface area (Å²) >= 11 is 0. The fraction of sp³-hybridized carbons (Fsp3) is 0.263. The number of rotatable bonds is 8. The zero-order chi connectivity index (χ0) is 25.6. The molecule has 0 spiro atoms. The molecular weight excluding hydrogens is 577 g/mol. The standard InChI is InChI=1S/C36H38Si.2CH3.Nb/c1-5-7-13-29-23-27-21-19-25-15-9-11-17-31(25)33(27)35(29)37(3,4)36-30(14-8-6-2)24-28-22-20-26-16-10-12-18-32(26)34(28)36;;;/h9-12,15-24H,5-8,13-14H2,1-4H3;2*1H3;/q-2;2*-1;. The van der Waals surface area contributed by atoms with Crippen molar-refractivity contribution in [3.8, 4) is 0 Å². The summed E-state index contributed by atoms with van der Waals surface area (Å²) in [5.74, 6) is 0. The fourth-order valence-electron chi connectivity index (χ4n) is 6.90. The minimum atomic E-state index is -2.10. The van der Waals surface area contributed by atoms with Gasteiger partial charge in [0.2, 0.25) is 0 Å². The molecule has 40 heavy (non-hydrogen) atoms. The number of hydrogen-bond donors (Lipinski definition) is 0. The second kappa shape index (κ2) is 13.0. The smallest absolute Gasteiger partial charge is 0.00107 e. The van der Waals surface area contributed by atoms with Gasteiger partial charge in [0.25, 0.3) is 0 Å². The second-order valence-electron chi connectivity index (χ2n) is 11.4. The normalized spacial score (nSPS) is 11.5. The predicted molar refractivity (Wildman–Crippen MR) is 181 cm³/mol. The number of aryl methyl sites for hydroxylation is 2. The van der Waals surface area contributed by atoms with Gasteiger partial charge in [-0.15, -0.1) is 56.9 Å². The third kappa shape index (κ3) is 5.30. The zero-order valence-electron chi connectivity index (χ0n) is 25.3. The van der Waals surface area contributed by atoms with Gasteiger partial charge in [-0.05, 0) is 23.6 Å². The summed E-state index contributed by atoms with van der Waals surface area (Å²) in [6, 6.07) is 32.5. The Morgan fingerprint density at radius 1 is 0.575 bits per heavy atom. The predicted octanol–water partition coefficient (Wildman–Crippen LogP) is 10.1. The summed E-state index contributed by atoms with van der Waals surface area (Å²) in [6.07, 6.45) is 7.31. The molecule has 0 aliphatic carbocycles. The Kier molecular flexibility index (Phi) is 10.5. The molecule has 6 aromatic rings. The minimum Gasteiger partial charge on any atom is -0.358 e. The molecular formula is C38H44NbSi-4. The van der Waals surface area contributed by atoms with Crippen LogP contribution in [0.2, 0.25) is 13.1 Å². The molecule has 0 bridgehead atoms. The van der Waals surface area contributed by atoms with Crippen LogP contribution in [0.15, 0.2) is 84.9 Å². The van der Waals surface area contributed by atoms with Crippen LogP contribution < -0.4 is 10.4 Å². The van der Waals surface area contributed by atoms with Crippen LogP contribution in [0.25, 0.3) is 43.1 Å². The summed E-state index contributed by atoms with van der Waals surface area (Å²) in [5, 5.41) is 14.8. The van der Waals surface area contributed by atoms with Crippen molar-refractivity contribution in [1.29, 1.82) is 0 Å². The van der Waals surface area contributed by atoms with E-state index >= 15 is 0 Å². The van der Waals surface area contributed by atoms with Crippen molar-refractivity contribution in [3.05, 3.63) is 111 Å². The molecule has 0 amide bonds. The Balaban J connectivity index is 0.00000147. The van der Waals surface area contributed by atoms with E-state index in [1.54, 1.807) is 21.5 Å². The van der Waals surface area contributed by atoms with E-state index < -0.39 is 8.07 Å². The monoisotopic (exact) mass is 621 g/mol. The van der Waals surface area contributed by atoms with Crippen LogP contribution in [0.1, 0.15) is 50.7 Å². The van der Waals surface area contributed by atoms with Crippen LogP contribution in [0, 0.1) is 14.9 Å². The van der Waals surface area contributed by atoms with Gasteiger partial charge in [-0.1, -0.05) is 124 Å². The summed E-state index contributed by atoms with van der Waals surface area (Å²) in [4.78, 5) is 0. The van der Waals surface area contributed by atoms with Gasteiger partial charge in [0.05, 0.1) is 0 Å². The zero-order valence-corrected chi connectivity index (χ0v) is 28.5. The Labute approximate surface area is 259 Å². The molecule has 0 fully saturated rings. The summed E-state index contributed by atoms with van der Waals surface area (Å²) in [7, 11) is -2.10. The molecule has 0 heterocycles. The number of hydrogen-bond acceptors (Lipinski definition) is 0. The van der Waals surface area contributed by atoms with Crippen molar-refractivity contribution in [3.63, 3.8) is 0 Å². The van der Waals surface area contributed by atoms with Crippen molar-refractivity contribution < 1.29 is 22.4 Å². The van der Waals surface area contributed by atoms with Crippen molar-refractivity contribution >= 4 is 61.5 Å². The quantitative estimate of drug-likeness (QED) is 0.117. The second-order valence-corrected chi connectivity index (χ2v) is 15.7. The first-order valence-electron chi connectivity index (χ1n) is 14.3. The first kappa shape index (κ1) is 32.1. The number of fused-ring (bicyclic) bond motifs is 6. The molecule has 0 saturated heterocycles. The van der Waals surface area contributed by atoms with Gasteiger partial charge in [-0.3, -0.25) is 0 Å². The van der Waals surface area contributed by atoms with Crippen molar-refractivity contribution in [2.45, 2.75) is 65.5 Å². The molecule has 209 valence electrons. The van der Waals surface area contributed by atoms with E-state index in [1.807, 2.05) is 0 Å². The van der Waals surface area contributed by atoms with E-state index in [0.29, 0.717) is 0 Å². The molecule has 0 aromatic heterocycles. The van der Waals surface area contributed by atoms with Crippen molar-refractivity contribution in [2.24, 2.45) is 0 Å². The molecule has 6 rings (SSSR count). The third-order valence-corrected chi connectivity index (χ3v) is 12.2. The molecule has 0 unspecified atom stereocenters. The largest absolute Gasteiger partial charge is 0.358 e. The Bertz CT molecular complexity index is 1600. The molecule has 1 radical (unpaired) electrons. The van der Waals surface area contributed by atoms with Gasteiger partial charge in [0, 0.05) is 30.5 Å². The maximum Gasteiger partial charge on any atom is 0.00107 e. The minimum absolute atomic E-state index is 0. The molecule has 0 nitrogen and oxygen atoms in total. The first-order chi connectivity index (χ1) is 18.0. The van der Waals surface area contributed by atoms with Crippen molar-refractivity contribution in [2.75, 3.05) is 0 Å². The first-order valence-corrected chi connectivity index (χ1v) is 17.3. The number of benzene rings is 4. The van der Waals surface area contributed by atoms with E-state index in [-0.39, 0.29) is 37.2 Å². The maximum atomic E-state index is 2.64. The molecule has 0 aliphatic heterocycles. The summed E-state index contributed by atoms with van der Waals surface area (Å²) < 4.78 is 0. The molecule has 2 heteroatoms. The van der Waals surface area contributed by atoms with Crippen LogP contribution in [0.3, 0.4) is 0 Å². The van der Waals surface area contributed by atoms with E-state index in [0.717, 1.165) is 0 Å². The van der Waals surface area contributed by atoms with E-state index in [1.165, 1.54) is 81.6 Å². The molecule has 6 aromatic carbocycles. The van der Waals surface area contributed by atoms with Crippen LogP contribution >= 0.6 is 0 Å². The van der Waals surface area contributed by atoms with Crippen LogP contribution in [0.4, 0.5) is 0 Å². The third-order valence-electron chi connectivity index (χ3n) is 8.57. The van der Waals surface area contributed by atoms with Crippen LogP contribution in [0.5, 0.6) is 0 Å². The average Bonchev–Trinajstić information content (AvgIpc) is 3.50. The van der Waals surface area contributed by atoms with Gasteiger partial charge in [-0.2, -0.15) is 10.4 Å². The Hall–Kier alpha value is -2.42. The summed E-state index contributed by atoms with van der Waals surface area (Å²) in [5.41, 5.74) is 3.20. The number of unbranched alkanes of at least 4 members (excludes halogenated alkanes) is 2. The molecule has 0 aliphatic rings.